The van der Waals surface area contributed by atoms with Crippen LogP contribution >= 0.6 is 11.3 Å². The van der Waals surface area contributed by atoms with E-state index in [9.17, 15) is 14.9 Å². The lowest BCUT2D eigenvalue weighted by atomic mass is 9.89. The number of hydrogen-bond donors (Lipinski definition) is 1. The Morgan fingerprint density at radius 2 is 1.75 bits per heavy atom. The van der Waals surface area contributed by atoms with Crippen LogP contribution in [-0.4, -0.2) is 18.5 Å². The molecule has 0 aliphatic heterocycles. The predicted octanol–water partition coefficient (Wildman–Crippen LogP) is 5.06. The maximum atomic E-state index is 13.0. The topological polar surface area (TPSA) is 79.2 Å². The molecular weight excluding hydrogens is 420 g/mol. The lowest BCUT2D eigenvalue weighted by Crippen LogP contribution is -2.24. The van der Waals surface area contributed by atoms with Crippen molar-refractivity contribution < 1.29 is 14.3 Å². The summed E-state index contributed by atoms with van der Waals surface area (Å²) in [5.74, 6) is -0.973. The second kappa shape index (κ2) is 9.80. The Hall–Kier alpha value is -3.43. The molecular formula is C26H24N2O3S. The van der Waals surface area contributed by atoms with Crippen molar-refractivity contribution in [3.05, 3.63) is 87.8 Å². The summed E-state index contributed by atoms with van der Waals surface area (Å²) in [6.07, 6.45) is 2.83. The highest BCUT2D eigenvalue weighted by molar-refractivity contribution is 7.16. The Balaban J connectivity index is 1.45. The van der Waals surface area contributed by atoms with Gasteiger partial charge in [0.05, 0.1) is 5.56 Å². The summed E-state index contributed by atoms with van der Waals surface area (Å²) >= 11 is 1.46. The molecule has 1 aliphatic carbocycles. The maximum absolute atomic E-state index is 13.0. The number of thiophene rings is 1. The van der Waals surface area contributed by atoms with Crippen molar-refractivity contribution in [2.75, 3.05) is 11.9 Å². The smallest absolute Gasteiger partial charge is 0.318 e. The van der Waals surface area contributed by atoms with Gasteiger partial charge < -0.3 is 10.1 Å². The van der Waals surface area contributed by atoms with Gasteiger partial charge in [-0.05, 0) is 41.9 Å². The van der Waals surface area contributed by atoms with E-state index < -0.39 is 24.4 Å². The Bertz CT molecular complexity index is 1110. The largest absolute Gasteiger partial charge is 0.455 e. The molecule has 1 amide bonds. The number of amides is 1. The molecule has 1 aromatic heterocycles. The molecule has 1 N–H and O–H groups in total. The second-order valence-corrected chi connectivity index (χ2v) is 9.18. The van der Waals surface area contributed by atoms with Crippen LogP contribution < -0.4 is 5.32 Å². The summed E-state index contributed by atoms with van der Waals surface area (Å²) < 4.78 is 5.41. The zero-order valence-corrected chi connectivity index (χ0v) is 18.7. The highest BCUT2D eigenvalue weighted by atomic mass is 32.1. The van der Waals surface area contributed by atoms with Gasteiger partial charge in [0.15, 0.2) is 6.61 Å². The molecule has 4 rings (SSSR count). The summed E-state index contributed by atoms with van der Waals surface area (Å²) in [6.45, 7) is 1.79. The zero-order chi connectivity index (χ0) is 22.5. The number of anilines is 1. The first-order chi connectivity index (χ1) is 15.6. The van der Waals surface area contributed by atoms with Crippen molar-refractivity contribution in [1.29, 1.82) is 5.26 Å². The number of nitriles is 1. The normalized spacial score (nSPS) is 15.0. The van der Waals surface area contributed by atoms with Crippen molar-refractivity contribution in [2.45, 2.75) is 32.1 Å². The van der Waals surface area contributed by atoms with E-state index >= 15 is 0 Å². The fraction of sp³-hybridized carbons (Fsp3) is 0.269. The van der Waals surface area contributed by atoms with Crippen LogP contribution in [-0.2, 0) is 27.2 Å². The van der Waals surface area contributed by atoms with Gasteiger partial charge in [0.1, 0.15) is 17.0 Å². The summed E-state index contributed by atoms with van der Waals surface area (Å²) in [5.41, 5.74) is 3.20. The number of carbonyl (C=O) groups is 2. The molecule has 2 aromatic carbocycles. The van der Waals surface area contributed by atoms with Crippen LogP contribution in [0.4, 0.5) is 5.00 Å². The van der Waals surface area contributed by atoms with Crippen molar-refractivity contribution >= 4 is 28.2 Å². The Morgan fingerprint density at radius 3 is 2.34 bits per heavy atom. The molecule has 0 fully saturated rings. The number of rotatable bonds is 6. The number of nitrogens with zero attached hydrogens (tertiary/aromatic N) is 1. The second-order valence-electron chi connectivity index (χ2n) is 8.08. The average molecular weight is 445 g/mol. The molecule has 1 unspecified atom stereocenters. The van der Waals surface area contributed by atoms with Gasteiger partial charge in [-0.1, -0.05) is 67.6 Å². The number of hydrogen-bond acceptors (Lipinski definition) is 5. The van der Waals surface area contributed by atoms with E-state index in [1.807, 2.05) is 60.7 Å². The standard InChI is InChI=1S/C26H24N2O3S/c1-17-12-13-20-21(15-27)25(32-22(20)14-17)28-23(29)16-31-26(30)24(18-8-4-2-5-9-18)19-10-6-3-7-11-19/h2-11,17,24H,12-14,16H2,1H3,(H,28,29). The maximum Gasteiger partial charge on any atom is 0.318 e. The first-order valence-electron chi connectivity index (χ1n) is 10.7. The Labute approximate surface area is 191 Å². The summed E-state index contributed by atoms with van der Waals surface area (Å²) in [6, 6.07) is 21.0. The van der Waals surface area contributed by atoms with Gasteiger partial charge >= 0.3 is 5.97 Å². The van der Waals surface area contributed by atoms with Gasteiger partial charge in [0.2, 0.25) is 0 Å². The molecule has 0 spiro atoms. The van der Waals surface area contributed by atoms with E-state index in [1.54, 1.807) is 0 Å². The number of benzene rings is 2. The monoisotopic (exact) mass is 444 g/mol. The molecule has 6 heteroatoms. The molecule has 0 saturated heterocycles. The molecule has 5 nitrogen and oxygen atoms in total. The number of esters is 1. The zero-order valence-electron chi connectivity index (χ0n) is 17.8. The molecule has 0 saturated carbocycles. The Morgan fingerprint density at radius 1 is 1.12 bits per heavy atom. The van der Waals surface area contributed by atoms with Crippen LogP contribution in [0, 0.1) is 17.2 Å². The van der Waals surface area contributed by atoms with Crippen molar-refractivity contribution in [1.82, 2.24) is 0 Å². The molecule has 1 atom stereocenters. The van der Waals surface area contributed by atoms with E-state index in [0.29, 0.717) is 16.5 Å². The van der Waals surface area contributed by atoms with E-state index in [2.05, 4.69) is 18.3 Å². The van der Waals surface area contributed by atoms with E-state index in [1.165, 1.54) is 16.2 Å². The molecule has 0 bridgehead atoms. The average Bonchev–Trinajstić information content (AvgIpc) is 3.15. The SMILES string of the molecule is CC1CCc2c(sc(NC(=O)COC(=O)C(c3ccccc3)c3ccccc3)c2C#N)C1. The van der Waals surface area contributed by atoms with Crippen LogP contribution in [0.1, 0.15) is 46.4 Å². The molecule has 0 radical (unpaired) electrons. The van der Waals surface area contributed by atoms with Crippen molar-refractivity contribution in [2.24, 2.45) is 5.92 Å². The van der Waals surface area contributed by atoms with Gasteiger partial charge in [0.25, 0.3) is 5.91 Å². The molecule has 162 valence electrons. The van der Waals surface area contributed by atoms with Gasteiger partial charge in [-0.2, -0.15) is 5.26 Å². The van der Waals surface area contributed by atoms with Gasteiger partial charge in [-0.25, -0.2) is 0 Å². The fourth-order valence-electron chi connectivity index (χ4n) is 4.10. The van der Waals surface area contributed by atoms with Crippen LogP contribution in [0.15, 0.2) is 60.7 Å². The third kappa shape index (κ3) is 4.74. The predicted molar refractivity (Wildman–Crippen MR) is 125 cm³/mol. The number of fused-ring (bicyclic) bond motifs is 1. The third-order valence-electron chi connectivity index (χ3n) is 5.72. The summed E-state index contributed by atoms with van der Waals surface area (Å²) in [7, 11) is 0. The van der Waals surface area contributed by atoms with E-state index in [4.69, 9.17) is 4.74 Å². The summed E-state index contributed by atoms with van der Waals surface area (Å²) in [4.78, 5) is 26.7. The van der Waals surface area contributed by atoms with Crippen molar-refractivity contribution in [3.8, 4) is 6.07 Å². The number of carbonyl (C=O) groups excluding carboxylic acids is 2. The van der Waals surface area contributed by atoms with Crippen LogP contribution in [0.25, 0.3) is 0 Å². The minimum atomic E-state index is -0.615. The van der Waals surface area contributed by atoms with Gasteiger partial charge in [-0.3, -0.25) is 9.59 Å². The minimum absolute atomic E-state index is 0.404. The molecule has 1 aliphatic rings. The first kappa shape index (κ1) is 21.8. The Kier molecular flexibility index (Phi) is 6.67. The molecule has 1 heterocycles. The third-order valence-corrected chi connectivity index (χ3v) is 6.89. The van der Waals surface area contributed by atoms with Gasteiger partial charge in [0, 0.05) is 4.88 Å². The lowest BCUT2D eigenvalue weighted by molar-refractivity contribution is -0.147. The first-order valence-corrected chi connectivity index (χ1v) is 11.5. The highest BCUT2D eigenvalue weighted by Gasteiger charge is 2.27. The van der Waals surface area contributed by atoms with E-state index in [-0.39, 0.29) is 0 Å². The highest BCUT2D eigenvalue weighted by Crippen LogP contribution is 2.39. The fourth-order valence-corrected chi connectivity index (χ4v) is 5.47. The van der Waals surface area contributed by atoms with Crippen LogP contribution in [0.3, 0.4) is 0 Å². The van der Waals surface area contributed by atoms with Crippen LogP contribution in [0.2, 0.25) is 0 Å². The quantitative estimate of drug-likeness (QED) is 0.539. The molecule has 3 aromatic rings. The molecule has 32 heavy (non-hydrogen) atoms. The summed E-state index contributed by atoms with van der Waals surface area (Å²) in [5, 5.41) is 12.9. The van der Waals surface area contributed by atoms with Crippen LogP contribution in [0.5, 0.6) is 0 Å². The minimum Gasteiger partial charge on any atom is -0.455 e. The van der Waals surface area contributed by atoms with Gasteiger partial charge in [-0.15, -0.1) is 11.3 Å². The van der Waals surface area contributed by atoms with E-state index in [0.717, 1.165) is 36.0 Å². The number of nitrogens with one attached hydrogen (secondary N) is 1. The lowest BCUT2D eigenvalue weighted by Gasteiger charge is -2.17. The number of ether oxygens (including phenoxy) is 1. The van der Waals surface area contributed by atoms with Crippen molar-refractivity contribution in [3.63, 3.8) is 0 Å².